The first-order chi connectivity index (χ1) is 12.5. The average molecular weight is 389 g/mol. The maximum atomic E-state index is 13.2. The molecule has 0 spiro atoms. The predicted molar refractivity (Wildman–Crippen MR) is 105 cm³/mol. The van der Waals surface area contributed by atoms with Crippen molar-refractivity contribution in [2.75, 3.05) is 5.32 Å². The minimum atomic E-state index is -3.71. The number of hydrogen-bond acceptors (Lipinski definition) is 3. The van der Waals surface area contributed by atoms with E-state index < -0.39 is 10.0 Å². The number of amides is 1. The first-order valence-electron chi connectivity index (χ1n) is 9.24. The number of sulfonamides is 1. The van der Waals surface area contributed by atoms with E-state index in [0.29, 0.717) is 22.0 Å². The molecule has 2 aliphatic rings. The lowest BCUT2D eigenvalue weighted by Crippen LogP contribution is -3.06. The zero-order valence-electron chi connectivity index (χ0n) is 16.1. The van der Waals surface area contributed by atoms with Crippen molar-refractivity contribution in [1.82, 2.24) is 4.72 Å². The minimum absolute atomic E-state index is 0.0344. The minimum Gasteiger partial charge on any atom is -0.337 e. The van der Waals surface area contributed by atoms with Crippen molar-refractivity contribution in [3.8, 4) is 0 Å². The molecule has 0 bridgehead atoms. The molecule has 1 amide bonds. The Morgan fingerprint density at radius 1 is 1.07 bits per heavy atom. The molecule has 0 radical (unpaired) electrons. The first kappa shape index (κ1) is 18.4. The van der Waals surface area contributed by atoms with Gasteiger partial charge in [0.2, 0.25) is 10.0 Å². The zero-order chi connectivity index (χ0) is 19.6. The van der Waals surface area contributed by atoms with E-state index >= 15 is 0 Å². The van der Waals surface area contributed by atoms with Gasteiger partial charge in [-0.3, -0.25) is 4.79 Å². The number of carbonyl (C=O) groups excluding carboxylic acids is 1. The van der Waals surface area contributed by atoms with E-state index in [9.17, 15) is 13.2 Å². The summed E-state index contributed by atoms with van der Waals surface area (Å²) >= 11 is 0. The standard InChI is InChI=1S/C20H25N3O3S/c1-19(2)10-12(11-20(3,4)23-19)22-27(25,26)16-9-8-15-17-13(16)6-5-7-14(17)18(24)21-15/h5-9,12,22-23H,10-11H2,1-4H3,(H,21,24)/p+1. The number of carbonyl (C=O) groups is 1. The smallest absolute Gasteiger partial charge is 0.256 e. The molecular weight excluding hydrogens is 362 g/mol. The van der Waals surface area contributed by atoms with Crippen molar-refractivity contribution >= 4 is 32.4 Å². The molecule has 0 atom stereocenters. The fourth-order valence-corrected chi connectivity index (χ4v) is 6.42. The Balaban J connectivity index is 1.74. The van der Waals surface area contributed by atoms with Gasteiger partial charge in [0.15, 0.2) is 0 Å². The van der Waals surface area contributed by atoms with E-state index in [-0.39, 0.29) is 27.9 Å². The Bertz CT molecular complexity index is 1040. The molecule has 1 fully saturated rings. The third-order valence-corrected chi connectivity index (χ3v) is 7.01. The van der Waals surface area contributed by atoms with Crippen LogP contribution in [0.2, 0.25) is 0 Å². The molecule has 27 heavy (non-hydrogen) atoms. The first-order valence-corrected chi connectivity index (χ1v) is 10.7. The molecule has 4 rings (SSSR count). The highest BCUT2D eigenvalue weighted by molar-refractivity contribution is 7.89. The second-order valence-electron chi connectivity index (χ2n) is 9.14. The SMILES string of the molecule is CC1(C)CC(NS(=O)(=O)c2ccc3c4c(cccc24)C(=O)N3)CC(C)(C)[NH2+]1. The van der Waals surface area contributed by atoms with E-state index in [2.05, 4.69) is 43.1 Å². The van der Waals surface area contributed by atoms with Crippen LogP contribution < -0.4 is 15.4 Å². The van der Waals surface area contributed by atoms with Crippen LogP contribution in [0.15, 0.2) is 35.2 Å². The molecule has 0 saturated carbocycles. The van der Waals surface area contributed by atoms with Crippen LogP contribution in [-0.2, 0) is 10.0 Å². The van der Waals surface area contributed by atoms with E-state index in [1.165, 1.54) is 0 Å². The van der Waals surface area contributed by atoms with Crippen LogP contribution in [0.1, 0.15) is 50.9 Å². The molecule has 0 unspecified atom stereocenters. The number of nitrogens with one attached hydrogen (secondary N) is 2. The van der Waals surface area contributed by atoms with Crippen molar-refractivity contribution in [2.45, 2.75) is 62.6 Å². The molecule has 4 N–H and O–H groups in total. The molecule has 1 saturated heterocycles. The van der Waals surface area contributed by atoms with Crippen molar-refractivity contribution in [3.05, 3.63) is 35.9 Å². The van der Waals surface area contributed by atoms with Crippen molar-refractivity contribution < 1.29 is 18.5 Å². The summed E-state index contributed by atoms with van der Waals surface area (Å²) in [6.07, 6.45) is 1.52. The summed E-state index contributed by atoms with van der Waals surface area (Å²) in [4.78, 5) is 12.3. The lowest BCUT2D eigenvalue weighted by molar-refractivity contribution is -0.787. The van der Waals surface area contributed by atoms with E-state index in [0.717, 1.165) is 12.8 Å². The highest BCUT2D eigenvalue weighted by Crippen LogP contribution is 2.36. The second-order valence-corrected chi connectivity index (χ2v) is 10.8. The van der Waals surface area contributed by atoms with E-state index in [4.69, 9.17) is 0 Å². The summed E-state index contributed by atoms with van der Waals surface area (Å²) in [5, 5.41) is 6.38. The molecule has 0 aromatic heterocycles. The van der Waals surface area contributed by atoms with Crippen LogP contribution in [0.3, 0.4) is 0 Å². The average Bonchev–Trinajstić information content (AvgIpc) is 2.82. The van der Waals surface area contributed by atoms with Gasteiger partial charge in [-0.1, -0.05) is 12.1 Å². The van der Waals surface area contributed by atoms with Gasteiger partial charge in [-0.2, -0.15) is 0 Å². The molecule has 2 aliphatic heterocycles. The van der Waals surface area contributed by atoms with Crippen LogP contribution in [0.25, 0.3) is 10.8 Å². The summed E-state index contributed by atoms with van der Waals surface area (Å²) in [6, 6.07) is 8.34. The van der Waals surface area contributed by atoms with E-state index in [1.54, 1.807) is 30.3 Å². The lowest BCUT2D eigenvalue weighted by atomic mass is 9.80. The number of rotatable bonds is 3. The molecule has 144 valence electrons. The zero-order valence-corrected chi connectivity index (χ0v) is 16.9. The van der Waals surface area contributed by atoms with Gasteiger partial charge < -0.3 is 10.6 Å². The third kappa shape index (κ3) is 3.24. The van der Waals surface area contributed by atoms with Crippen molar-refractivity contribution in [2.24, 2.45) is 0 Å². The summed E-state index contributed by atoms with van der Waals surface area (Å²) in [5.74, 6) is -0.190. The molecule has 6 nitrogen and oxygen atoms in total. The Hall–Kier alpha value is -1.96. The maximum absolute atomic E-state index is 13.2. The number of benzene rings is 2. The van der Waals surface area contributed by atoms with Crippen LogP contribution >= 0.6 is 0 Å². The molecule has 2 aromatic rings. The summed E-state index contributed by atoms with van der Waals surface area (Å²) in [5.41, 5.74) is 1.12. The van der Waals surface area contributed by atoms with Crippen LogP contribution in [0.4, 0.5) is 5.69 Å². The molecule has 7 heteroatoms. The summed E-state index contributed by atoms with van der Waals surface area (Å²) in [7, 11) is -3.71. The van der Waals surface area contributed by atoms with Crippen LogP contribution in [-0.4, -0.2) is 31.4 Å². The van der Waals surface area contributed by atoms with E-state index in [1.807, 2.05) is 0 Å². The Kier molecular flexibility index (Phi) is 3.93. The number of nitrogens with two attached hydrogens (primary N) is 1. The van der Waals surface area contributed by atoms with Gasteiger partial charge in [0.1, 0.15) is 0 Å². The van der Waals surface area contributed by atoms with Crippen LogP contribution in [0, 0.1) is 0 Å². The monoisotopic (exact) mass is 388 g/mol. The second kappa shape index (κ2) is 5.77. The van der Waals surface area contributed by atoms with Crippen LogP contribution in [0.5, 0.6) is 0 Å². The number of hydrogen-bond donors (Lipinski definition) is 3. The Morgan fingerprint density at radius 3 is 2.41 bits per heavy atom. The van der Waals surface area contributed by atoms with Crippen molar-refractivity contribution in [3.63, 3.8) is 0 Å². The summed E-state index contributed by atoms with van der Waals surface area (Å²) in [6.45, 7) is 8.58. The summed E-state index contributed by atoms with van der Waals surface area (Å²) < 4.78 is 29.4. The largest absolute Gasteiger partial charge is 0.337 e. The lowest BCUT2D eigenvalue weighted by Gasteiger charge is -2.43. The maximum Gasteiger partial charge on any atom is 0.256 e. The van der Waals surface area contributed by atoms with Gasteiger partial charge in [-0.25, -0.2) is 13.1 Å². The number of quaternary nitrogens is 1. The Labute approximate surface area is 159 Å². The fraction of sp³-hybridized carbons (Fsp3) is 0.450. The highest BCUT2D eigenvalue weighted by atomic mass is 32.2. The Morgan fingerprint density at radius 2 is 1.74 bits per heavy atom. The third-order valence-electron chi connectivity index (χ3n) is 5.43. The van der Waals surface area contributed by atoms with Gasteiger partial charge in [-0.05, 0) is 45.9 Å². The fourth-order valence-electron chi connectivity index (χ4n) is 4.98. The van der Waals surface area contributed by atoms with Crippen molar-refractivity contribution in [1.29, 1.82) is 0 Å². The molecule has 2 heterocycles. The number of piperidine rings is 1. The molecule has 2 aromatic carbocycles. The predicted octanol–water partition coefficient (Wildman–Crippen LogP) is 1.97. The van der Waals surface area contributed by atoms with Gasteiger partial charge in [-0.15, -0.1) is 0 Å². The van der Waals surface area contributed by atoms with Gasteiger partial charge in [0.05, 0.1) is 16.0 Å². The number of anilines is 1. The normalized spacial score (nSPS) is 21.4. The van der Waals surface area contributed by atoms with Gasteiger partial charge in [0.25, 0.3) is 5.91 Å². The quantitative estimate of drug-likeness (QED) is 0.751. The molecular formula is C20H26N3O3S+. The topological polar surface area (TPSA) is 91.9 Å². The highest BCUT2D eigenvalue weighted by Gasteiger charge is 2.43. The van der Waals surface area contributed by atoms with Gasteiger partial charge in [0, 0.05) is 40.9 Å². The molecule has 0 aliphatic carbocycles. The van der Waals surface area contributed by atoms with Gasteiger partial charge >= 0.3 is 0 Å².